The number of hydrogen-bond donors (Lipinski definition) is 0. The van der Waals surface area contributed by atoms with E-state index >= 15 is 0 Å². The lowest BCUT2D eigenvalue weighted by molar-refractivity contribution is 1.09. The quantitative estimate of drug-likeness (QED) is 0.197. The summed E-state index contributed by atoms with van der Waals surface area (Å²) in [6.07, 6.45) is 0. The maximum Gasteiger partial charge on any atom is 0.313 e. The molecule has 10 rings (SSSR count). The maximum atomic E-state index is 8.07. The molecule has 0 spiro atoms. The van der Waals surface area contributed by atoms with Crippen LogP contribution in [0.3, 0.4) is 0 Å². The minimum absolute atomic E-state index is 0.293. The molecular weight excluding hydrogens is 514 g/mol. The summed E-state index contributed by atoms with van der Waals surface area (Å²) >= 11 is 0. The second-order valence-corrected chi connectivity index (χ2v) is 10.9. The molecule has 10 aromatic rings. The second kappa shape index (κ2) is 7.60. The minimum atomic E-state index is 0.293. The topological polar surface area (TPSA) is 39.5 Å². The first kappa shape index (κ1) is 21.8. The van der Waals surface area contributed by atoms with E-state index in [1.165, 1.54) is 54.3 Å². The Bertz CT molecular complexity index is 2810. The predicted molar refractivity (Wildman–Crippen MR) is 172 cm³/mol. The van der Waals surface area contributed by atoms with Gasteiger partial charge in [0.2, 0.25) is 0 Å². The first-order valence-electron chi connectivity index (χ1n) is 14.0. The van der Waals surface area contributed by atoms with Crippen LogP contribution in [-0.4, -0.2) is 18.9 Å². The highest BCUT2D eigenvalue weighted by Crippen LogP contribution is 2.48. The van der Waals surface area contributed by atoms with Crippen molar-refractivity contribution in [3.63, 3.8) is 0 Å². The number of nitrogens with zero attached hydrogens (tertiary/aromatic N) is 5. The molecule has 0 aliphatic carbocycles. The van der Waals surface area contributed by atoms with Gasteiger partial charge in [0.25, 0.3) is 0 Å². The third-order valence-corrected chi connectivity index (χ3v) is 8.84. The normalized spacial score (nSPS) is 12.3. The fourth-order valence-electron chi connectivity index (χ4n) is 7.21. The largest absolute Gasteiger partial charge is 0.358 e. The van der Waals surface area contributed by atoms with Gasteiger partial charge in [-0.2, -0.15) is 0 Å². The first-order chi connectivity index (χ1) is 20.8. The number of fused-ring (bicyclic) bond motifs is 13. The van der Waals surface area contributed by atoms with Crippen LogP contribution in [0.4, 0.5) is 5.82 Å². The molecule has 4 aromatic heterocycles. The molecule has 0 unspecified atom stereocenters. The van der Waals surface area contributed by atoms with Crippen molar-refractivity contribution in [1.29, 1.82) is 0 Å². The summed E-state index contributed by atoms with van der Waals surface area (Å²) in [6, 6.07) is 40.3. The average Bonchev–Trinajstić information content (AvgIpc) is 3.68. The van der Waals surface area contributed by atoms with Gasteiger partial charge in [0.1, 0.15) is 5.52 Å². The van der Waals surface area contributed by atoms with Gasteiger partial charge >= 0.3 is 5.82 Å². The zero-order valence-electron chi connectivity index (χ0n) is 22.2. The first-order valence-corrected chi connectivity index (χ1v) is 14.0. The molecule has 0 fully saturated rings. The third-order valence-electron chi connectivity index (χ3n) is 8.84. The van der Waals surface area contributed by atoms with Crippen molar-refractivity contribution in [2.75, 3.05) is 0 Å². The zero-order chi connectivity index (χ0) is 27.5. The average molecular weight is 534 g/mol. The molecule has 0 saturated carbocycles. The van der Waals surface area contributed by atoms with Gasteiger partial charge in [-0.3, -0.25) is 0 Å². The predicted octanol–water partition coefficient (Wildman–Crippen LogP) is 9.58. The molecule has 42 heavy (non-hydrogen) atoms. The van der Waals surface area contributed by atoms with E-state index in [1.807, 2.05) is 24.3 Å². The molecule has 0 aliphatic rings. The van der Waals surface area contributed by atoms with Crippen LogP contribution in [0.5, 0.6) is 0 Å². The smallest absolute Gasteiger partial charge is 0.313 e. The van der Waals surface area contributed by atoms with Gasteiger partial charge in [-0.25, -0.2) is 4.98 Å². The zero-order valence-corrected chi connectivity index (χ0v) is 22.2. The van der Waals surface area contributed by atoms with Crippen LogP contribution in [0.1, 0.15) is 0 Å². The van der Waals surface area contributed by atoms with E-state index in [4.69, 9.17) is 16.5 Å². The van der Waals surface area contributed by atoms with Crippen molar-refractivity contribution in [2.24, 2.45) is 0 Å². The van der Waals surface area contributed by atoms with E-state index in [0.29, 0.717) is 11.6 Å². The molecule has 4 heterocycles. The summed E-state index contributed by atoms with van der Waals surface area (Å²) in [5.74, 6) is 0.850. The Balaban J connectivity index is 1.54. The van der Waals surface area contributed by atoms with Gasteiger partial charge in [-0.05, 0) is 47.2 Å². The lowest BCUT2D eigenvalue weighted by Crippen LogP contribution is -2.00. The van der Waals surface area contributed by atoms with E-state index in [2.05, 4.69) is 105 Å². The highest BCUT2D eigenvalue weighted by molar-refractivity contribution is 6.38. The van der Waals surface area contributed by atoms with E-state index in [9.17, 15) is 0 Å². The summed E-state index contributed by atoms with van der Waals surface area (Å²) in [5, 5.41) is 9.64. The fourth-order valence-corrected chi connectivity index (χ4v) is 7.21. The summed E-state index contributed by atoms with van der Waals surface area (Å²) < 4.78 is 4.59. The number of para-hydroxylation sites is 4. The van der Waals surface area contributed by atoms with Gasteiger partial charge in [-0.15, -0.1) is 4.98 Å². The van der Waals surface area contributed by atoms with Crippen molar-refractivity contribution >= 4 is 87.5 Å². The van der Waals surface area contributed by atoms with Crippen LogP contribution in [0.2, 0.25) is 0 Å². The molecule has 0 radical (unpaired) electrons. The number of hydrogen-bond acceptors (Lipinski definition) is 2. The summed E-state index contributed by atoms with van der Waals surface area (Å²) in [6.45, 7) is 8.07. The maximum absolute atomic E-state index is 8.07. The number of aromatic nitrogens is 4. The Kier molecular flexibility index (Phi) is 3.94. The van der Waals surface area contributed by atoms with E-state index in [1.54, 1.807) is 0 Å². The van der Waals surface area contributed by atoms with Crippen LogP contribution in [0.15, 0.2) is 115 Å². The summed E-state index contributed by atoms with van der Waals surface area (Å²) in [4.78, 5) is 13.7. The molecule has 0 N–H and O–H groups in total. The Labute approximate surface area is 238 Å². The summed E-state index contributed by atoms with van der Waals surface area (Å²) in [5.41, 5.74) is 7.15. The molecule has 192 valence electrons. The van der Waals surface area contributed by atoms with Gasteiger partial charge < -0.3 is 13.8 Å². The van der Waals surface area contributed by atoms with Crippen LogP contribution in [0, 0.1) is 6.57 Å². The molecule has 0 bridgehead atoms. The van der Waals surface area contributed by atoms with Crippen molar-refractivity contribution in [2.45, 2.75) is 0 Å². The Morgan fingerprint density at radius 2 is 1.19 bits per heavy atom. The highest BCUT2D eigenvalue weighted by atomic mass is 15.1. The third kappa shape index (κ3) is 2.53. The number of rotatable bonds is 1. The molecule has 0 atom stereocenters. The van der Waals surface area contributed by atoms with E-state index < -0.39 is 0 Å². The molecule has 6 aromatic carbocycles. The van der Waals surface area contributed by atoms with Crippen LogP contribution < -0.4 is 0 Å². The highest BCUT2D eigenvalue weighted by Gasteiger charge is 2.26. The lowest BCUT2D eigenvalue weighted by atomic mass is 9.98. The van der Waals surface area contributed by atoms with Crippen LogP contribution >= 0.6 is 0 Å². The minimum Gasteiger partial charge on any atom is -0.358 e. The van der Waals surface area contributed by atoms with Crippen LogP contribution in [0.25, 0.3) is 92.4 Å². The van der Waals surface area contributed by atoms with Crippen molar-refractivity contribution in [3.05, 3.63) is 127 Å². The molecular formula is C37H19N5. The van der Waals surface area contributed by atoms with Gasteiger partial charge in [0.15, 0.2) is 11.3 Å². The SMILES string of the molecule is [C-]#[N+]c1nc2ccccc2nc1-n1c2ccccc2c2c3c4c5ccccc5ccc4n4c5ccccc5c(cc21)c34. The lowest BCUT2D eigenvalue weighted by Gasteiger charge is -2.10. The fraction of sp³-hybridized carbons (Fsp3) is 0. The molecule has 0 aliphatic heterocycles. The standard InChI is InChI=1S/C37H19N5/c1-38-36-37(40-27-15-7-6-14-26(27)39-36)42-29-17-9-5-13-24(29)33-31(42)20-25-23-12-4-8-16-28(23)41-30-19-18-21-10-2-3-11-22(21)32(30)34(33)35(25)41/h2-20H. The summed E-state index contributed by atoms with van der Waals surface area (Å²) in [7, 11) is 0. The van der Waals surface area contributed by atoms with Crippen molar-refractivity contribution in [1.82, 2.24) is 18.9 Å². The Morgan fingerprint density at radius 1 is 0.524 bits per heavy atom. The van der Waals surface area contributed by atoms with Crippen molar-refractivity contribution in [3.8, 4) is 5.82 Å². The molecule has 5 heteroatoms. The van der Waals surface area contributed by atoms with Crippen LogP contribution in [-0.2, 0) is 0 Å². The van der Waals surface area contributed by atoms with Gasteiger partial charge in [0, 0.05) is 32.3 Å². The van der Waals surface area contributed by atoms with Gasteiger partial charge in [0.05, 0.1) is 27.6 Å². The van der Waals surface area contributed by atoms with E-state index in [-0.39, 0.29) is 0 Å². The molecule has 5 nitrogen and oxygen atoms in total. The van der Waals surface area contributed by atoms with Gasteiger partial charge in [-0.1, -0.05) is 85.4 Å². The Morgan fingerprint density at radius 3 is 2.02 bits per heavy atom. The van der Waals surface area contributed by atoms with Crippen molar-refractivity contribution < 1.29 is 0 Å². The Hall–Kier alpha value is -5.99. The molecule has 0 saturated heterocycles. The second-order valence-electron chi connectivity index (χ2n) is 10.9. The van der Waals surface area contributed by atoms with E-state index in [0.717, 1.165) is 27.5 Å². The molecule has 0 amide bonds. The number of benzene rings is 6. The monoisotopic (exact) mass is 533 g/mol.